The van der Waals surface area contributed by atoms with Crippen LogP contribution in [0.25, 0.3) is 21.7 Å². The molecule has 0 amide bonds. The molecule has 1 heterocycles. The molecule has 90 valence electrons. The fourth-order valence-electron chi connectivity index (χ4n) is 2.08. The van der Waals surface area contributed by atoms with Crippen molar-refractivity contribution in [3.05, 3.63) is 36.0 Å². The second-order valence-electron chi connectivity index (χ2n) is 4.04. The minimum absolute atomic E-state index is 0.165. The Morgan fingerprint density at radius 3 is 2.89 bits per heavy atom. The first kappa shape index (κ1) is 10.6. The van der Waals surface area contributed by atoms with E-state index in [1.807, 2.05) is 0 Å². The highest BCUT2D eigenvalue weighted by Gasteiger charge is 2.14. The molecule has 3 aromatic rings. The van der Waals surface area contributed by atoms with Crippen molar-refractivity contribution in [3.63, 3.8) is 0 Å². The van der Waals surface area contributed by atoms with Crippen LogP contribution >= 0.6 is 0 Å². The molecule has 0 spiro atoms. The summed E-state index contributed by atoms with van der Waals surface area (Å²) in [6.45, 7) is 0. The van der Waals surface area contributed by atoms with Crippen LogP contribution in [0.15, 0.2) is 34.9 Å². The Balaban J connectivity index is 2.36. The van der Waals surface area contributed by atoms with Gasteiger partial charge in [-0.05, 0) is 35.0 Å². The standard InChI is InChI=1S/C13H9NO4/c15-8-2-3-9-7(5-8)1-4-11-13(9)10(14-18-11)6-12(16)17/h1-5,15H,6H2,(H,16,17). The second kappa shape index (κ2) is 3.73. The zero-order valence-electron chi connectivity index (χ0n) is 9.25. The maximum Gasteiger partial charge on any atom is 0.309 e. The van der Waals surface area contributed by atoms with Gasteiger partial charge in [0.1, 0.15) is 11.4 Å². The molecule has 5 nitrogen and oxygen atoms in total. The summed E-state index contributed by atoms with van der Waals surface area (Å²) in [6.07, 6.45) is -0.188. The average Bonchev–Trinajstić information content (AvgIpc) is 2.71. The number of nitrogens with zero attached hydrogens (tertiary/aromatic N) is 1. The summed E-state index contributed by atoms with van der Waals surface area (Å²) in [5.41, 5.74) is 0.943. The largest absolute Gasteiger partial charge is 0.508 e. The highest BCUT2D eigenvalue weighted by Crippen LogP contribution is 2.30. The van der Waals surface area contributed by atoms with E-state index in [4.69, 9.17) is 9.63 Å². The number of carboxylic acid groups (broad SMARTS) is 1. The van der Waals surface area contributed by atoms with Crippen LogP contribution in [-0.4, -0.2) is 21.3 Å². The van der Waals surface area contributed by atoms with Gasteiger partial charge < -0.3 is 14.7 Å². The number of hydrogen-bond donors (Lipinski definition) is 2. The molecule has 0 unspecified atom stereocenters. The van der Waals surface area contributed by atoms with Gasteiger partial charge in [0, 0.05) is 0 Å². The van der Waals surface area contributed by atoms with Gasteiger partial charge in [0.15, 0.2) is 5.58 Å². The van der Waals surface area contributed by atoms with Crippen molar-refractivity contribution in [1.82, 2.24) is 5.16 Å². The molecule has 0 aliphatic heterocycles. The number of phenols is 1. The molecule has 0 fully saturated rings. The van der Waals surface area contributed by atoms with Gasteiger partial charge in [-0.15, -0.1) is 0 Å². The van der Waals surface area contributed by atoms with Crippen molar-refractivity contribution in [1.29, 1.82) is 0 Å². The summed E-state index contributed by atoms with van der Waals surface area (Å²) < 4.78 is 5.11. The molecule has 1 aromatic heterocycles. The van der Waals surface area contributed by atoms with Crippen LogP contribution in [0.1, 0.15) is 5.69 Å². The SMILES string of the molecule is O=C(O)Cc1noc2ccc3cc(O)ccc3c12. The highest BCUT2D eigenvalue weighted by molar-refractivity contribution is 6.07. The molecule has 18 heavy (non-hydrogen) atoms. The van der Waals surface area contributed by atoms with Crippen molar-refractivity contribution < 1.29 is 19.5 Å². The van der Waals surface area contributed by atoms with Crippen molar-refractivity contribution in [2.75, 3.05) is 0 Å². The van der Waals surface area contributed by atoms with E-state index in [-0.39, 0.29) is 12.2 Å². The van der Waals surface area contributed by atoms with Crippen LogP contribution in [0.5, 0.6) is 5.75 Å². The second-order valence-corrected chi connectivity index (χ2v) is 4.04. The maximum absolute atomic E-state index is 10.8. The molecule has 0 aliphatic carbocycles. The van der Waals surface area contributed by atoms with Gasteiger partial charge in [-0.1, -0.05) is 11.2 Å². The maximum atomic E-state index is 10.8. The third-order valence-corrected chi connectivity index (χ3v) is 2.83. The number of aromatic hydroxyl groups is 1. The van der Waals surface area contributed by atoms with E-state index in [9.17, 15) is 9.90 Å². The van der Waals surface area contributed by atoms with Crippen molar-refractivity contribution in [2.45, 2.75) is 6.42 Å². The lowest BCUT2D eigenvalue weighted by Gasteiger charge is -2.00. The van der Waals surface area contributed by atoms with E-state index >= 15 is 0 Å². The number of carbonyl (C=O) groups is 1. The van der Waals surface area contributed by atoms with E-state index in [1.54, 1.807) is 30.3 Å². The summed E-state index contributed by atoms with van der Waals surface area (Å²) >= 11 is 0. The predicted molar refractivity (Wildman–Crippen MR) is 64.5 cm³/mol. The topological polar surface area (TPSA) is 83.6 Å². The number of carboxylic acids is 1. The fourth-order valence-corrected chi connectivity index (χ4v) is 2.08. The number of aliphatic carboxylic acids is 1. The van der Waals surface area contributed by atoms with E-state index in [2.05, 4.69) is 5.16 Å². The summed E-state index contributed by atoms with van der Waals surface area (Å²) in [5.74, 6) is -0.793. The molecule has 0 bridgehead atoms. The van der Waals surface area contributed by atoms with Gasteiger partial charge in [0.05, 0.1) is 11.8 Å². The molecule has 0 atom stereocenters. The monoisotopic (exact) mass is 243 g/mol. The number of phenolic OH excluding ortho intramolecular Hbond substituents is 1. The minimum atomic E-state index is -0.957. The molecule has 5 heteroatoms. The van der Waals surface area contributed by atoms with E-state index in [0.29, 0.717) is 16.7 Å². The van der Waals surface area contributed by atoms with E-state index in [0.717, 1.165) is 10.8 Å². The lowest BCUT2D eigenvalue weighted by molar-refractivity contribution is -0.136. The predicted octanol–water partition coefficient (Wildman–Crippen LogP) is 2.31. The van der Waals surface area contributed by atoms with Crippen LogP contribution in [0.3, 0.4) is 0 Å². The first-order valence-corrected chi connectivity index (χ1v) is 5.37. The van der Waals surface area contributed by atoms with E-state index < -0.39 is 5.97 Å². The molecule has 3 rings (SSSR count). The molecule has 2 aromatic carbocycles. The van der Waals surface area contributed by atoms with Gasteiger partial charge in [0.2, 0.25) is 0 Å². The van der Waals surface area contributed by atoms with Gasteiger partial charge in [0.25, 0.3) is 0 Å². The Hall–Kier alpha value is -2.56. The van der Waals surface area contributed by atoms with Crippen molar-refractivity contribution in [2.24, 2.45) is 0 Å². The summed E-state index contributed by atoms with van der Waals surface area (Å²) in [4.78, 5) is 10.8. The minimum Gasteiger partial charge on any atom is -0.508 e. The van der Waals surface area contributed by atoms with Crippen molar-refractivity contribution >= 4 is 27.7 Å². The molecule has 2 N–H and O–H groups in total. The zero-order valence-corrected chi connectivity index (χ0v) is 9.25. The van der Waals surface area contributed by atoms with Gasteiger partial charge in [-0.25, -0.2) is 0 Å². The quantitative estimate of drug-likeness (QED) is 0.721. The third-order valence-electron chi connectivity index (χ3n) is 2.83. The molecule has 0 saturated carbocycles. The molecular weight excluding hydrogens is 234 g/mol. The smallest absolute Gasteiger partial charge is 0.309 e. The number of rotatable bonds is 2. The van der Waals surface area contributed by atoms with Gasteiger partial charge >= 0.3 is 5.97 Å². The van der Waals surface area contributed by atoms with Gasteiger partial charge in [-0.2, -0.15) is 0 Å². The average molecular weight is 243 g/mol. The lowest BCUT2D eigenvalue weighted by atomic mass is 10.0. The third kappa shape index (κ3) is 1.57. The first-order valence-electron chi connectivity index (χ1n) is 5.37. The van der Waals surface area contributed by atoms with Crippen molar-refractivity contribution in [3.8, 4) is 5.75 Å². The normalized spacial score (nSPS) is 11.1. The van der Waals surface area contributed by atoms with Gasteiger partial charge in [-0.3, -0.25) is 4.79 Å². The molecule has 0 radical (unpaired) electrons. The van der Waals surface area contributed by atoms with Crippen LogP contribution in [-0.2, 0) is 11.2 Å². The number of fused-ring (bicyclic) bond motifs is 3. The van der Waals surface area contributed by atoms with Crippen LogP contribution in [0.4, 0.5) is 0 Å². The summed E-state index contributed by atoms with van der Waals surface area (Å²) in [6, 6.07) is 8.42. The highest BCUT2D eigenvalue weighted by atomic mass is 16.5. The fraction of sp³-hybridized carbons (Fsp3) is 0.0769. The number of aromatic nitrogens is 1. The first-order chi connectivity index (χ1) is 8.65. The zero-order chi connectivity index (χ0) is 12.7. The van der Waals surface area contributed by atoms with Crippen LogP contribution in [0, 0.1) is 0 Å². The number of hydrogen-bond acceptors (Lipinski definition) is 4. The Morgan fingerprint density at radius 1 is 1.28 bits per heavy atom. The number of benzene rings is 2. The Morgan fingerprint density at radius 2 is 2.11 bits per heavy atom. The summed E-state index contributed by atoms with van der Waals surface area (Å²) in [7, 11) is 0. The van der Waals surface area contributed by atoms with Crippen LogP contribution < -0.4 is 0 Å². The Labute approximate surface area is 101 Å². The Kier molecular flexibility index (Phi) is 2.19. The van der Waals surface area contributed by atoms with E-state index in [1.165, 1.54) is 0 Å². The Bertz CT molecular complexity index is 760. The van der Waals surface area contributed by atoms with Crippen LogP contribution in [0.2, 0.25) is 0 Å². The molecular formula is C13H9NO4. The molecule has 0 saturated heterocycles. The summed E-state index contributed by atoms with van der Waals surface area (Å²) in [5, 5.41) is 24.4. The molecule has 0 aliphatic rings. The lowest BCUT2D eigenvalue weighted by Crippen LogP contribution is -2.00.